The Morgan fingerprint density at radius 1 is 1.18 bits per heavy atom. The van der Waals surface area contributed by atoms with E-state index >= 15 is 0 Å². The fourth-order valence-corrected chi connectivity index (χ4v) is 3.00. The van der Waals surface area contributed by atoms with E-state index in [1.54, 1.807) is 30.9 Å². The minimum atomic E-state index is -0.159. The summed E-state index contributed by atoms with van der Waals surface area (Å²) < 4.78 is 7.21. The summed E-state index contributed by atoms with van der Waals surface area (Å²) in [5.41, 5.74) is 1.57. The van der Waals surface area contributed by atoms with Crippen LogP contribution in [0.2, 0.25) is 0 Å². The Kier molecular flexibility index (Phi) is 5.24. The highest BCUT2D eigenvalue weighted by Gasteiger charge is 2.16. The van der Waals surface area contributed by atoms with E-state index < -0.39 is 0 Å². The van der Waals surface area contributed by atoms with Crippen LogP contribution in [0, 0.1) is 6.92 Å². The van der Waals surface area contributed by atoms with E-state index in [2.05, 4.69) is 30.2 Å². The first-order valence-corrected chi connectivity index (χ1v) is 9.08. The molecule has 4 rings (SSSR count). The van der Waals surface area contributed by atoms with Gasteiger partial charge in [-0.2, -0.15) is 0 Å². The van der Waals surface area contributed by atoms with Crippen molar-refractivity contribution in [2.24, 2.45) is 0 Å². The summed E-state index contributed by atoms with van der Waals surface area (Å²) in [5.74, 6) is 2.00. The Morgan fingerprint density at radius 2 is 2.04 bits per heavy atom. The topological polar surface area (TPSA) is 98.1 Å². The van der Waals surface area contributed by atoms with E-state index in [0.717, 1.165) is 36.0 Å². The largest absolute Gasteiger partial charge is 0.378 e. The molecule has 1 amide bonds. The van der Waals surface area contributed by atoms with Gasteiger partial charge in [0, 0.05) is 43.4 Å². The van der Waals surface area contributed by atoms with Crippen molar-refractivity contribution in [2.45, 2.75) is 13.5 Å². The summed E-state index contributed by atoms with van der Waals surface area (Å²) in [6.45, 7) is 5.09. The van der Waals surface area contributed by atoms with Crippen LogP contribution in [0.1, 0.15) is 5.82 Å². The second-order valence-corrected chi connectivity index (χ2v) is 6.44. The Bertz CT molecular complexity index is 935. The van der Waals surface area contributed by atoms with Gasteiger partial charge in [0.1, 0.15) is 24.0 Å². The summed E-state index contributed by atoms with van der Waals surface area (Å²) in [5, 5.41) is 2.82. The van der Waals surface area contributed by atoms with Crippen molar-refractivity contribution < 1.29 is 9.53 Å². The van der Waals surface area contributed by atoms with Crippen molar-refractivity contribution in [3.8, 4) is 11.3 Å². The highest BCUT2D eigenvalue weighted by atomic mass is 16.5. The van der Waals surface area contributed by atoms with Gasteiger partial charge in [0.15, 0.2) is 0 Å². The lowest BCUT2D eigenvalue weighted by Crippen LogP contribution is -2.36. The molecule has 9 heteroatoms. The number of carbonyl (C=O) groups is 1. The summed E-state index contributed by atoms with van der Waals surface area (Å²) in [4.78, 5) is 31.7. The fraction of sp³-hybridized carbons (Fsp3) is 0.316. The number of morpholine rings is 1. The van der Waals surface area contributed by atoms with Gasteiger partial charge in [0.05, 0.1) is 25.1 Å². The Hall–Kier alpha value is -3.33. The lowest BCUT2D eigenvalue weighted by atomic mass is 10.2. The third kappa shape index (κ3) is 4.15. The van der Waals surface area contributed by atoms with Crippen molar-refractivity contribution in [2.75, 3.05) is 36.5 Å². The molecule has 0 radical (unpaired) electrons. The van der Waals surface area contributed by atoms with Gasteiger partial charge in [-0.05, 0) is 19.1 Å². The molecule has 0 aliphatic carbocycles. The average molecular weight is 379 g/mol. The van der Waals surface area contributed by atoms with Crippen LogP contribution in [0.5, 0.6) is 0 Å². The molecule has 28 heavy (non-hydrogen) atoms. The predicted molar refractivity (Wildman–Crippen MR) is 104 cm³/mol. The molecular formula is C19H21N7O2. The van der Waals surface area contributed by atoms with E-state index in [1.165, 1.54) is 0 Å². The number of hydrogen-bond acceptors (Lipinski definition) is 7. The first-order valence-electron chi connectivity index (χ1n) is 9.08. The maximum absolute atomic E-state index is 12.4. The number of nitrogens with one attached hydrogen (secondary N) is 1. The van der Waals surface area contributed by atoms with Gasteiger partial charge in [0.25, 0.3) is 0 Å². The Morgan fingerprint density at radius 3 is 2.75 bits per heavy atom. The summed E-state index contributed by atoms with van der Waals surface area (Å²) in [7, 11) is 0. The van der Waals surface area contributed by atoms with Crippen LogP contribution in [0.15, 0.2) is 43.1 Å². The monoisotopic (exact) mass is 379 g/mol. The predicted octanol–water partition coefficient (Wildman–Crippen LogP) is 1.52. The molecule has 4 heterocycles. The summed E-state index contributed by atoms with van der Waals surface area (Å²) in [6, 6.07) is 3.60. The molecule has 3 aromatic heterocycles. The molecule has 1 N–H and O–H groups in total. The van der Waals surface area contributed by atoms with Crippen LogP contribution in [-0.4, -0.2) is 56.7 Å². The quantitative estimate of drug-likeness (QED) is 0.718. The number of amides is 1. The number of ether oxygens (including phenoxy) is 1. The Labute approximate surface area is 162 Å². The van der Waals surface area contributed by atoms with E-state index in [0.29, 0.717) is 19.0 Å². The number of anilines is 2. The van der Waals surface area contributed by atoms with Crippen LogP contribution >= 0.6 is 0 Å². The fourth-order valence-electron chi connectivity index (χ4n) is 3.00. The second kappa shape index (κ2) is 8.13. The molecule has 1 saturated heterocycles. The van der Waals surface area contributed by atoms with Crippen molar-refractivity contribution in [1.29, 1.82) is 0 Å². The molecule has 0 spiro atoms. The maximum atomic E-state index is 12.4. The standard InChI is InChI=1S/C19H21N7O2/c1-14-23-18(25-6-8-28-9-7-25)12-26(14)13-19(27)24-17-3-2-15(10-22-17)16-11-20-4-5-21-16/h2-5,10-12H,6-9,13H2,1H3,(H,22,24,27). The van der Waals surface area contributed by atoms with Crippen LogP contribution in [0.4, 0.5) is 11.6 Å². The summed E-state index contributed by atoms with van der Waals surface area (Å²) in [6.07, 6.45) is 8.49. The van der Waals surface area contributed by atoms with Gasteiger partial charge in [-0.1, -0.05) is 0 Å². The third-order valence-electron chi connectivity index (χ3n) is 4.50. The molecule has 0 aromatic carbocycles. The number of aromatic nitrogens is 5. The van der Waals surface area contributed by atoms with Crippen LogP contribution < -0.4 is 10.2 Å². The SMILES string of the molecule is Cc1nc(N2CCOCC2)cn1CC(=O)Nc1ccc(-c2cnccn2)cn1. The van der Waals surface area contributed by atoms with Gasteiger partial charge >= 0.3 is 0 Å². The number of pyridine rings is 1. The number of rotatable bonds is 5. The molecule has 0 unspecified atom stereocenters. The number of nitrogens with zero attached hydrogens (tertiary/aromatic N) is 6. The Balaban J connectivity index is 1.38. The molecule has 1 aliphatic heterocycles. The second-order valence-electron chi connectivity index (χ2n) is 6.44. The third-order valence-corrected chi connectivity index (χ3v) is 4.50. The lowest BCUT2D eigenvalue weighted by Gasteiger charge is -2.26. The molecule has 1 aliphatic rings. The van der Waals surface area contributed by atoms with E-state index in [4.69, 9.17) is 4.74 Å². The molecular weight excluding hydrogens is 358 g/mol. The van der Waals surface area contributed by atoms with E-state index in [-0.39, 0.29) is 12.5 Å². The number of imidazole rings is 1. The van der Waals surface area contributed by atoms with E-state index in [1.807, 2.05) is 23.8 Å². The van der Waals surface area contributed by atoms with Gasteiger partial charge in [-0.3, -0.25) is 14.8 Å². The zero-order chi connectivity index (χ0) is 19.3. The van der Waals surface area contributed by atoms with Gasteiger partial charge < -0.3 is 19.5 Å². The van der Waals surface area contributed by atoms with Crippen LogP contribution in [-0.2, 0) is 16.1 Å². The van der Waals surface area contributed by atoms with E-state index in [9.17, 15) is 4.79 Å². The maximum Gasteiger partial charge on any atom is 0.245 e. The van der Waals surface area contributed by atoms with Gasteiger partial charge in [-0.25, -0.2) is 9.97 Å². The van der Waals surface area contributed by atoms with Crippen molar-refractivity contribution >= 4 is 17.5 Å². The zero-order valence-corrected chi connectivity index (χ0v) is 15.6. The highest BCUT2D eigenvalue weighted by molar-refractivity contribution is 5.89. The normalized spacial score (nSPS) is 14.1. The number of carbonyl (C=O) groups excluding carboxylic acids is 1. The molecule has 3 aromatic rings. The van der Waals surface area contributed by atoms with Crippen molar-refractivity contribution in [3.05, 3.63) is 48.9 Å². The number of hydrogen-bond donors (Lipinski definition) is 1. The molecule has 0 saturated carbocycles. The number of aryl methyl sites for hydroxylation is 1. The zero-order valence-electron chi connectivity index (χ0n) is 15.6. The molecule has 9 nitrogen and oxygen atoms in total. The first-order chi connectivity index (χ1) is 13.7. The highest BCUT2D eigenvalue weighted by Crippen LogP contribution is 2.17. The van der Waals surface area contributed by atoms with Crippen molar-refractivity contribution in [1.82, 2.24) is 24.5 Å². The molecule has 144 valence electrons. The molecule has 1 fully saturated rings. The molecule has 0 atom stereocenters. The lowest BCUT2D eigenvalue weighted by molar-refractivity contribution is -0.116. The molecule has 0 bridgehead atoms. The summed E-state index contributed by atoms with van der Waals surface area (Å²) >= 11 is 0. The minimum absolute atomic E-state index is 0.159. The average Bonchev–Trinajstić information content (AvgIpc) is 3.10. The van der Waals surface area contributed by atoms with Gasteiger partial charge in [-0.15, -0.1) is 0 Å². The first kappa shape index (κ1) is 18.1. The van der Waals surface area contributed by atoms with Crippen LogP contribution in [0.25, 0.3) is 11.3 Å². The minimum Gasteiger partial charge on any atom is -0.378 e. The van der Waals surface area contributed by atoms with Crippen molar-refractivity contribution in [3.63, 3.8) is 0 Å². The smallest absolute Gasteiger partial charge is 0.245 e. The van der Waals surface area contributed by atoms with Gasteiger partial charge in [0.2, 0.25) is 5.91 Å². The van der Waals surface area contributed by atoms with Crippen LogP contribution in [0.3, 0.4) is 0 Å².